The standard InChI is InChI=1S/C14H21NOS2/c1-2-11-17-14-6-5-13(18-14)12(16)7-10-15-8-3-4-9-15/h5-6H,2-4,7-11H2,1H3. The van der Waals surface area contributed by atoms with Crippen LogP contribution >= 0.6 is 23.1 Å². The van der Waals surface area contributed by atoms with Gasteiger partial charge in [0.15, 0.2) is 5.78 Å². The maximum Gasteiger partial charge on any atom is 0.174 e. The third-order valence-corrected chi connectivity index (χ3v) is 5.72. The van der Waals surface area contributed by atoms with E-state index in [0.717, 1.165) is 17.2 Å². The zero-order valence-corrected chi connectivity index (χ0v) is 12.6. The van der Waals surface area contributed by atoms with Crippen LogP contribution in [0.3, 0.4) is 0 Å². The van der Waals surface area contributed by atoms with Gasteiger partial charge in [0.25, 0.3) is 0 Å². The Morgan fingerprint density at radius 3 is 2.89 bits per heavy atom. The Morgan fingerprint density at radius 2 is 2.17 bits per heavy atom. The normalized spacial score (nSPS) is 16.3. The van der Waals surface area contributed by atoms with Crippen LogP contribution in [0.4, 0.5) is 0 Å². The van der Waals surface area contributed by atoms with Crippen LogP contribution in [0.1, 0.15) is 42.3 Å². The molecule has 0 aromatic carbocycles. The Balaban J connectivity index is 1.78. The van der Waals surface area contributed by atoms with Gasteiger partial charge in [-0.2, -0.15) is 0 Å². The first kappa shape index (κ1) is 14.1. The molecule has 1 aliphatic rings. The van der Waals surface area contributed by atoms with Gasteiger partial charge in [-0.3, -0.25) is 4.79 Å². The second-order valence-corrected chi connectivity index (χ2v) is 7.17. The molecule has 2 nitrogen and oxygen atoms in total. The van der Waals surface area contributed by atoms with Gasteiger partial charge in [-0.05, 0) is 50.2 Å². The third kappa shape index (κ3) is 4.11. The van der Waals surface area contributed by atoms with Crippen LogP contribution in [0.5, 0.6) is 0 Å². The van der Waals surface area contributed by atoms with E-state index >= 15 is 0 Å². The Bertz CT molecular complexity index is 383. The van der Waals surface area contributed by atoms with Gasteiger partial charge >= 0.3 is 0 Å². The number of thiophene rings is 1. The minimum atomic E-state index is 0.315. The lowest BCUT2D eigenvalue weighted by atomic mass is 10.2. The quantitative estimate of drug-likeness (QED) is 0.559. The fourth-order valence-electron chi connectivity index (χ4n) is 2.14. The fraction of sp³-hybridized carbons (Fsp3) is 0.643. The predicted octanol–water partition coefficient (Wildman–Crippen LogP) is 3.92. The van der Waals surface area contributed by atoms with E-state index in [1.165, 1.54) is 36.6 Å². The van der Waals surface area contributed by atoms with Crippen LogP contribution in [-0.4, -0.2) is 36.1 Å². The van der Waals surface area contributed by atoms with Crippen molar-refractivity contribution in [2.45, 2.75) is 36.8 Å². The van der Waals surface area contributed by atoms with E-state index in [-0.39, 0.29) is 0 Å². The molecule has 1 aromatic rings. The van der Waals surface area contributed by atoms with Crippen molar-refractivity contribution in [1.29, 1.82) is 0 Å². The average Bonchev–Trinajstić information content (AvgIpc) is 3.04. The number of Topliss-reactive ketones (excluding diaryl/α,β-unsaturated/α-hetero) is 1. The summed E-state index contributed by atoms with van der Waals surface area (Å²) < 4.78 is 1.28. The van der Waals surface area contributed by atoms with Gasteiger partial charge in [0.2, 0.25) is 0 Å². The molecule has 0 saturated carbocycles. The summed E-state index contributed by atoms with van der Waals surface area (Å²) in [6.45, 7) is 5.47. The molecule has 0 radical (unpaired) electrons. The molecule has 1 aromatic heterocycles. The van der Waals surface area contributed by atoms with Gasteiger partial charge in [-0.1, -0.05) is 6.92 Å². The zero-order valence-electron chi connectivity index (χ0n) is 11.0. The third-order valence-electron chi connectivity index (χ3n) is 3.16. The van der Waals surface area contributed by atoms with Crippen LogP contribution in [0.2, 0.25) is 0 Å². The number of hydrogen-bond donors (Lipinski definition) is 0. The zero-order chi connectivity index (χ0) is 12.8. The van der Waals surface area contributed by atoms with Gasteiger partial charge in [0.05, 0.1) is 9.09 Å². The lowest BCUT2D eigenvalue weighted by Gasteiger charge is -2.12. The number of carbonyl (C=O) groups excluding carboxylic acids is 1. The van der Waals surface area contributed by atoms with Crippen molar-refractivity contribution in [3.05, 3.63) is 17.0 Å². The summed E-state index contributed by atoms with van der Waals surface area (Å²) in [5, 5.41) is 0. The van der Waals surface area contributed by atoms with Crippen molar-refractivity contribution >= 4 is 28.9 Å². The lowest BCUT2D eigenvalue weighted by Crippen LogP contribution is -2.22. The topological polar surface area (TPSA) is 20.3 Å². The van der Waals surface area contributed by atoms with Gasteiger partial charge in [-0.15, -0.1) is 23.1 Å². The van der Waals surface area contributed by atoms with E-state index in [4.69, 9.17) is 0 Å². The largest absolute Gasteiger partial charge is 0.303 e. The van der Waals surface area contributed by atoms with Gasteiger partial charge in [-0.25, -0.2) is 0 Å². The van der Waals surface area contributed by atoms with E-state index < -0.39 is 0 Å². The number of nitrogens with zero attached hydrogens (tertiary/aromatic N) is 1. The van der Waals surface area contributed by atoms with Gasteiger partial charge in [0.1, 0.15) is 0 Å². The van der Waals surface area contributed by atoms with Crippen molar-refractivity contribution in [2.24, 2.45) is 0 Å². The molecule has 2 heterocycles. The van der Waals surface area contributed by atoms with E-state index in [9.17, 15) is 4.79 Å². The van der Waals surface area contributed by atoms with Crippen molar-refractivity contribution in [3.8, 4) is 0 Å². The fourth-order valence-corrected chi connectivity index (χ4v) is 4.17. The van der Waals surface area contributed by atoms with Crippen LogP contribution < -0.4 is 0 Å². The SMILES string of the molecule is CCCSc1ccc(C(=O)CCN2CCCC2)s1. The Morgan fingerprint density at radius 1 is 1.39 bits per heavy atom. The van der Waals surface area contributed by atoms with Crippen molar-refractivity contribution in [3.63, 3.8) is 0 Å². The molecule has 0 aliphatic carbocycles. The molecule has 1 fully saturated rings. The van der Waals surface area contributed by atoms with Crippen molar-refractivity contribution < 1.29 is 4.79 Å². The Hall–Kier alpha value is -0.320. The average molecular weight is 283 g/mol. The molecule has 2 rings (SSSR count). The minimum absolute atomic E-state index is 0.315. The van der Waals surface area contributed by atoms with Gasteiger partial charge in [0, 0.05) is 13.0 Å². The number of hydrogen-bond acceptors (Lipinski definition) is 4. The highest BCUT2D eigenvalue weighted by atomic mass is 32.2. The molecule has 0 amide bonds. The van der Waals surface area contributed by atoms with Crippen LogP contribution in [-0.2, 0) is 0 Å². The second kappa shape index (κ2) is 7.31. The predicted molar refractivity (Wildman–Crippen MR) is 80.0 cm³/mol. The molecule has 0 spiro atoms. The van der Waals surface area contributed by atoms with Crippen LogP contribution in [0.25, 0.3) is 0 Å². The molecule has 0 N–H and O–H groups in total. The van der Waals surface area contributed by atoms with E-state index in [1.807, 2.05) is 17.8 Å². The summed E-state index contributed by atoms with van der Waals surface area (Å²) in [6.07, 6.45) is 4.45. The summed E-state index contributed by atoms with van der Waals surface area (Å²) in [5.74, 6) is 1.46. The smallest absolute Gasteiger partial charge is 0.174 e. The number of carbonyl (C=O) groups is 1. The highest BCUT2D eigenvalue weighted by Crippen LogP contribution is 2.28. The van der Waals surface area contributed by atoms with E-state index in [0.29, 0.717) is 12.2 Å². The molecular formula is C14H21NOS2. The number of thioether (sulfide) groups is 1. The van der Waals surface area contributed by atoms with Crippen molar-refractivity contribution in [1.82, 2.24) is 4.90 Å². The molecule has 4 heteroatoms. The van der Waals surface area contributed by atoms with Gasteiger partial charge < -0.3 is 4.90 Å². The molecular weight excluding hydrogens is 262 g/mol. The van der Waals surface area contributed by atoms with E-state index in [2.05, 4.69) is 17.9 Å². The molecule has 0 bridgehead atoms. The second-order valence-electron chi connectivity index (χ2n) is 4.69. The molecule has 18 heavy (non-hydrogen) atoms. The summed E-state index contributed by atoms with van der Waals surface area (Å²) in [6, 6.07) is 4.09. The minimum Gasteiger partial charge on any atom is -0.303 e. The Labute approximate surface area is 118 Å². The lowest BCUT2D eigenvalue weighted by molar-refractivity contribution is 0.0973. The number of ketones is 1. The number of likely N-dealkylation sites (tertiary alicyclic amines) is 1. The maximum atomic E-state index is 12.1. The first-order chi connectivity index (χ1) is 8.79. The molecule has 1 aliphatic heterocycles. The maximum absolute atomic E-state index is 12.1. The first-order valence-corrected chi connectivity index (χ1v) is 8.58. The monoisotopic (exact) mass is 283 g/mol. The summed E-state index contributed by atoms with van der Waals surface area (Å²) >= 11 is 3.52. The van der Waals surface area contributed by atoms with Crippen molar-refractivity contribution in [2.75, 3.05) is 25.4 Å². The highest BCUT2D eigenvalue weighted by Gasteiger charge is 2.15. The molecule has 0 unspecified atom stereocenters. The van der Waals surface area contributed by atoms with Crippen LogP contribution in [0.15, 0.2) is 16.3 Å². The molecule has 0 atom stereocenters. The van der Waals surface area contributed by atoms with E-state index in [1.54, 1.807) is 11.3 Å². The summed E-state index contributed by atoms with van der Waals surface area (Å²) in [4.78, 5) is 15.4. The Kier molecular flexibility index (Phi) is 5.73. The molecule has 100 valence electrons. The van der Waals surface area contributed by atoms with Crippen LogP contribution in [0, 0.1) is 0 Å². The molecule has 1 saturated heterocycles. The first-order valence-electron chi connectivity index (χ1n) is 6.78. The number of rotatable bonds is 7. The highest BCUT2D eigenvalue weighted by molar-refractivity contribution is 8.01. The summed E-state index contributed by atoms with van der Waals surface area (Å²) in [5.41, 5.74) is 0. The summed E-state index contributed by atoms with van der Waals surface area (Å²) in [7, 11) is 0.